The Morgan fingerprint density at radius 3 is 2.64 bits per heavy atom. The molecule has 1 aromatic rings. The largest absolute Gasteiger partial charge is 0.352 e. The van der Waals surface area contributed by atoms with Gasteiger partial charge in [-0.2, -0.15) is 0 Å². The van der Waals surface area contributed by atoms with E-state index in [4.69, 9.17) is 23.2 Å². The van der Waals surface area contributed by atoms with Gasteiger partial charge in [0.15, 0.2) is 0 Å². The molecule has 1 N–H and O–H groups in total. The van der Waals surface area contributed by atoms with Crippen LogP contribution in [0.25, 0.3) is 0 Å². The summed E-state index contributed by atoms with van der Waals surface area (Å²) in [6.07, 6.45) is 4.20. The molecule has 1 saturated carbocycles. The molecule has 1 aliphatic carbocycles. The van der Waals surface area contributed by atoms with Crippen LogP contribution >= 0.6 is 23.2 Å². The Hall–Kier alpha value is -1.04. The smallest absolute Gasteiger partial charge is 0.236 e. The van der Waals surface area contributed by atoms with Gasteiger partial charge < -0.3 is 15.1 Å². The molecule has 120 valence electrons. The highest BCUT2D eigenvalue weighted by Crippen LogP contribution is 2.28. The van der Waals surface area contributed by atoms with E-state index in [2.05, 4.69) is 15.2 Å². The zero-order valence-electron chi connectivity index (χ0n) is 12.4. The van der Waals surface area contributed by atoms with Crippen LogP contribution in [0.5, 0.6) is 0 Å². The van der Waals surface area contributed by atoms with Crippen molar-refractivity contribution in [2.45, 2.75) is 12.8 Å². The quantitative estimate of drug-likeness (QED) is 0.889. The van der Waals surface area contributed by atoms with Gasteiger partial charge in [0.05, 0.1) is 16.6 Å². The fraction of sp³-hybridized carbons (Fsp3) is 0.600. The average molecular weight is 343 g/mol. The molecule has 7 heteroatoms. The number of carbonyl (C=O) groups excluding carboxylic acids is 1. The maximum Gasteiger partial charge on any atom is 0.236 e. The van der Waals surface area contributed by atoms with Gasteiger partial charge in [-0.3, -0.25) is 4.79 Å². The Morgan fingerprint density at radius 1 is 1.27 bits per heavy atom. The van der Waals surface area contributed by atoms with Crippen LogP contribution in [0.3, 0.4) is 0 Å². The minimum atomic E-state index is 0.176. The van der Waals surface area contributed by atoms with Crippen LogP contribution in [-0.4, -0.2) is 55.1 Å². The van der Waals surface area contributed by atoms with Gasteiger partial charge in [-0.05, 0) is 31.4 Å². The topological polar surface area (TPSA) is 48.5 Å². The van der Waals surface area contributed by atoms with Crippen molar-refractivity contribution in [2.75, 3.05) is 44.2 Å². The Balaban J connectivity index is 1.47. The van der Waals surface area contributed by atoms with E-state index in [0.29, 0.717) is 29.7 Å². The zero-order chi connectivity index (χ0) is 15.5. The molecular formula is C15H20Cl2N4O. The van der Waals surface area contributed by atoms with Gasteiger partial charge in [0.1, 0.15) is 5.82 Å². The second-order valence-corrected chi connectivity index (χ2v) is 6.74. The van der Waals surface area contributed by atoms with Gasteiger partial charge in [-0.15, -0.1) is 0 Å². The molecule has 0 spiro atoms. The fourth-order valence-electron chi connectivity index (χ4n) is 2.62. The molecular weight excluding hydrogens is 323 g/mol. The highest BCUT2D eigenvalue weighted by atomic mass is 35.5. The lowest BCUT2D eigenvalue weighted by atomic mass is 10.3. The molecule has 2 heterocycles. The van der Waals surface area contributed by atoms with E-state index in [1.165, 1.54) is 12.8 Å². The summed E-state index contributed by atoms with van der Waals surface area (Å²) in [6, 6.07) is 1.70. The van der Waals surface area contributed by atoms with Crippen LogP contribution in [0, 0.1) is 5.92 Å². The van der Waals surface area contributed by atoms with Gasteiger partial charge in [-0.1, -0.05) is 23.2 Å². The summed E-state index contributed by atoms with van der Waals surface area (Å²) in [5, 5.41) is 4.34. The maximum atomic E-state index is 12.1. The molecule has 0 radical (unpaired) electrons. The van der Waals surface area contributed by atoms with Gasteiger partial charge in [0, 0.05) is 32.4 Å². The van der Waals surface area contributed by atoms with Crippen molar-refractivity contribution in [3.05, 3.63) is 22.3 Å². The predicted molar refractivity (Wildman–Crippen MR) is 88.6 cm³/mol. The van der Waals surface area contributed by atoms with E-state index in [1.54, 1.807) is 12.3 Å². The first-order valence-corrected chi connectivity index (χ1v) is 8.43. The van der Waals surface area contributed by atoms with E-state index in [0.717, 1.165) is 31.4 Å². The minimum Gasteiger partial charge on any atom is -0.352 e. The van der Waals surface area contributed by atoms with Crippen molar-refractivity contribution < 1.29 is 4.79 Å². The first kappa shape index (κ1) is 15.8. The number of pyridine rings is 1. The highest BCUT2D eigenvalue weighted by molar-refractivity contribution is 6.36. The molecule has 1 aromatic heterocycles. The number of anilines is 1. The number of halogens is 2. The summed E-state index contributed by atoms with van der Waals surface area (Å²) in [5.41, 5.74) is 0. The second kappa shape index (κ2) is 7.02. The number of hydrogen-bond acceptors (Lipinski definition) is 4. The van der Waals surface area contributed by atoms with Gasteiger partial charge in [-0.25, -0.2) is 4.98 Å². The SMILES string of the molecule is O=C(CNCC1CC1)N1CCN(c2ncc(Cl)cc2Cl)CC1. The third kappa shape index (κ3) is 4.03. The van der Waals surface area contributed by atoms with E-state index < -0.39 is 0 Å². The first-order valence-electron chi connectivity index (χ1n) is 7.68. The van der Waals surface area contributed by atoms with E-state index in [-0.39, 0.29) is 5.91 Å². The van der Waals surface area contributed by atoms with Crippen molar-refractivity contribution in [2.24, 2.45) is 5.92 Å². The van der Waals surface area contributed by atoms with Crippen molar-refractivity contribution in [1.29, 1.82) is 0 Å². The number of aromatic nitrogens is 1. The third-order valence-electron chi connectivity index (χ3n) is 4.13. The van der Waals surface area contributed by atoms with Crippen LogP contribution in [0.1, 0.15) is 12.8 Å². The second-order valence-electron chi connectivity index (χ2n) is 5.90. The number of amides is 1. The number of nitrogens with zero attached hydrogens (tertiary/aromatic N) is 3. The van der Waals surface area contributed by atoms with Crippen LogP contribution in [-0.2, 0) is 4.79 Å². The number of piperazine rings is 1. The Bertz CT molecular complexity index is 542. The molecule has 2 fully saturated rings. The molecule has 1 aliphatic heterocycles. The molecule has 1 amide bonds. The van der Waals surface area contributed by atoms with Gasteiger partial charge >= 0.3 is 0 Å². The summed E-state index contributed by atoms with van der Waals surface area (Å²) in [5.74, 6) is 1.71. The summed E-state index contributed by atoms with van der Waals surface area (Å²) in [4.78, 5) is 20.4. The Labute approximate surface area is 140 Å². The fourth-order valence-corrected chi connectivity index (χ4v) is 3.12. The van der Waals surface area contributed by atoms with Crippen LogP contribution in [0.15, 0.2) is 12.3 Å². The van der Waals surface area contributed by atoms with E-state index >= 15 is 0 Å². The maximum absolute atomic E-state index is 12.1. The minimum absolute atomic E-state index is 0.176. The third-order valence-corrected chi connectivity index (χ3v) is 4.61. The number of carbonyl (C=O) groups is 1. The summed E-state index contributed by atoms with van der Waals surface area (Å²) in [6.45, 7) is 4.28. The molecule has 1 saturated heterocycles. The van der Waals surface area contributed by atoms with E-state index in [1.807, 2.05) is 4.90 Å². The normalized spacial score (nSPS) is 18.6. The molecule has 0 aromatic carbocycles. The number of hydrogen-bond donors (Lipinski definition) is 1. The van der Waals surface area contributed by atoms with Crippen molar-refractivity contribution in [1.82, 2.24) is 15.2 Å². The van der Waals surface area contributed by atoms with Crippen LogP contribution in [0.2, 0.25) is 10.0 Å². The Kier molecular flexibility index (Phi) is 5.06. The monoisotopic (exact) mass is 342 g/mol. The predicted octanol–water partition coefficient (Wildman–Crippen LogP) is 2.04. The first-order chi connectivity index (χ1) is 10.6. The molecule has 2 aliphatic rings. The molecule has 22 heavy (non-hydrogen) atoms. The molecule has 3 rings (SSSR count). The summed E-state index contributed by atoms with van der Waals surface area (Å²) >= 11 is 12.1. The van der Waals surface area contributed by atoms with Crippen molar-refractivity contribution >= 4 is 34.9 Å². The lowest BCUT2D eigenvalue weighted by molar-refractivity contribution is -0.130. The Morgan fingerprint density at radius 2 is 2.00 bits per heavy atom. The van der Waals surface area contributed by atoms with Crippen LogP contribution < -0.4 is 10.2 Å². The summed E-state index contributed by atoms with van der Waals surface area (Å²) in [7, 11) is 0. The highest BCUT2D eigenvalue weighted by Gasteiger charge is 2.24. The van der Waals surface area contributed by atoms with Crippen molar-refractivity contribution in [3.63, 3.8) is 0 Å². The average Bonchev–Trinajstić information content (AvgIpc) is 3.32. The van der Waals surface area contributed by atoms with Gasteiger partial charge in [0.25, 0.3) is 0 Å². The molecule has 5 nitrogen and oxygen atoms in total. The lowest BCUT2D eigenvalue weighted by Crippen LogP contribution is -2.51. The van der Waals surface area contributed by atoms with E-state index in [9.17, 15) is 4.79 Å². The van der Waals surface area contributed by atoms with Crippen LogP contribution in [0.4, 0.5) is 5.82 Å². The van der Waals surface area contributed by atoms with Gasteiger partial charge in [0.2, 0.25) is 5.91 Å². The number of rotatable bonds is 5. The zero-order valence-corrected chi connectivity index (χ0v) is 13.9. The molecule has 0 atom stereocenters. The number of nitrogens with one attached hydrogen (secondary N) is 1. The standard InChI is InChI=1S/C15H20Cl2N4O/c16-12-7-13(17)15(19-9-12)21-5-3-20(4-6-21)14(22)10-18-8-11-1-2-11/h7,9,11,18H,1-6,8,10H2. The summed E-state index contributed by atoms with van der Waals surface area (Å²) < 4.78 is 0. The molecule has 0 bridgehead atoms. The van der Waals surface area contributed by atoms with Crippen molar-refractivity contribution in [3.8, 4) is 0 Å². The lowest BCUT2D eigenvalue weighted by Gasteiger charge is -2.35. The molecule has 0 unspecified atom stereocenters.